The van der Waals surface area contributed by atoms with Crippen molar-refractivity contribution >= 4 is 33.6 Å². The third-order valence-electron chi connectivity index (χ3n) is 5.92. The van der Waals surface area contributed by atoms with Crippen LogP contribution in [0.3, 0.4) is 0 Å². The molecule has 0 amide bonds. The molecule has 2 N–H and O–H groups in total. The Labute approximate surface area is 192 Å². The van der Waals surface area contributed by atoms with Crippen molar-refractivity contribution in [3.05, 3.63) is 77.1 Å². The number of aromatic nitrogens is 5. The Morgan fingerprint density at radius 2 is 2.06 bits per heavy atom. The number of nitrogens with zero attached hydrogens (tertiary/aromatic N) is 5. The molecule has 0 saturated heterocycles. The van der Waals surface area contributed by atoms with Gasteiger partial charge in [0.25, 0.3) is 5.56 Å². The van der Waals surface area contributed by atoms with Crippen LogP contribution in [0.15, 0.2) is 65.7 Å². The molecule has 34 heavy (non-hydrogen) atoms. The van der Waals surface area contributed by atoms with Gasteiger partial charge < -0.3 is 15.0 Å². The summed E-state index contributed by atoms with van der Waals surface area (Å²) < 4.78 is 21.5. The van der Waals surface area contributed by atoms with Crippen molar-refractivity contribution in [1.82, 2.24) is 24.7 Å². The van der Waals surface area contributed by atoms with E-state index in [1.165, 1.54) is 22.9 Å². The zero-order chi connectivity index (χ0) is 23.2. The molecule has 6 rings (SSSR count). The summed E-state index contributed by atoms with van der Waals surface area (Å²) in [4.78, 5) is 24.5. The van der Waals surface area contributed by atoms with Crippen LogP contribution in [-0.4, -0.2) is 51.0 Å². The molecule has 1 atom stereocenters. The van der Waals surface area contributed by atoms with Crippen molar-refractivity contribution in [2.45, 2.75) is 6.10 Å². The quantitative estimate of drug-likeness (QED) is 0.428. The zero-order valence-corrected chi connectivity index (χ0v) is 18.2. The monoisotopic (exact) mass is 457 g/mol. The molecule has 0 bridgehead atoms. The minimum Gasteiger partial charge on any atom is -0.485 e. The Morgan fingerprint density at radius 3 is 2.94 bits per heavy atom. The Balaban J connectivity index is 1.38. The smallest absolute Gasteiger partial charge is 0.267 e. The van der Waals surface area contributed by atoms with Gasteiger partial charge in [-0.05, 0) is 30.3 Å². The fraction of sp³-hybridized carbons (Fsp3) is 0.167. The number of benzene rings is 2. The van der Waals surface area contributed by atoms with Gasteiger partial charge in [-0.2, -0.15) is 10.1 Å². The summed E-state index contributed by atoms with van der Waals surface area (Å²) in [7, 11) is 2.02. The van der Waals surface area contributed by atoms with Crippen LogP contribution in [0.4, 0.5) is 16.0 Å². The summed E-state index contributed by atoms with van der Waals surface area (Å²) in [5.41, 5.74) is 1.95. The Morgan fingerprint density at radius 1 is 1.18 bits per heavy atom. The predicted molar refractivity (Wildman–Crippen MR) is 127 cm³/mol. The largest absolute Gasteiger partial charge is 0.485 e. The molecular weight excluding hydrogens is 437 g/mol. The molecular formula is C24H20FN7O2. The van der Waals surface area contributed by atoms with Crippen LogP contribution in [0, 0.1) is 5.82 Å². The van der Waals surface area contributed by atoms with Gasteiger partial charge in [0, 0.05) is 13.2 Å². The predicted octanol–water partition coefficient (Wildman–Crippen LogP) is 3.11. The van der Waals surface area contributed by atoms with Gasteiger partial charge in [0.05, 0.1) is 47.0 Å². The molecule has 1 aliphatic rings. The molecule has 0 saturated carbocycles. The fourth-order valence-corrected chi connectivity index (χ4v) is 4.33. The minimum atomic E-state index is -0.448. The van der Waals surface area contributed by atoms with Crippen molar-refractivity contribution in [2.24, 2.45) is 0 Å². The molecule has 1 aliphatic heterocycles. The number of pyridine rings is 1. The maximum absolute atomic E-state index is 14.0. The number of fused-ring (bicyclic) bond motifs is 4. The number of rotatable bonds is 4. The van der Waals surface area contributed by atoms with E-state index in [-0.39, 0.29) is 11.7 Å². The van der Waals surface area contributed by atoms with E-state index in [0.29, 0.717) is 46.7 Å². The number of likely N-dealkylation sites (N-methyl/N-ethyl adjacent to an activating group) is 1. The lowest BCUT2D eigenvalue weighted by Crippen LogP contribution is -2.41. The third-order valence-corrected chi connectivity index (χ3v) is 5.92. The number of nitrogens with one attached hydrogen (secondary N) is 2. The van der Waals surface area contributed by atoms with E-state index in [4.69, 9.17) is 4.74 Å². The van der Waals surface area contributed by atoms with Crippen molar-refractivity contribution < 1.29 is 9.13 Å². The third kappa shape index (κ3) is 3.31. The van der Waals surface area contributed by atoms with Gasteiger partial charge in [-0.3, -0.25) is 14.5 Å². The topological polar surface area (TPSA) is 101 Å². The van der Waals surface area contributed by atoms with E-state index in [1.807, 2.05) is 31.3 Å². The standard InChI is InChI=1S/C24H20FN7O2/c1-31-13-16(34-20-8-3-2-7-19(20)31)10-26-24-27-11-17-21-18(12-28-30-21)23(33)32(22(17)29-24)15-6-4-5-14(25)9-15/h2-9,11-12,16H,10,13H2,1H3,(H,28,30)(H,26,27,29). The average molecular weight is 457 g/mol. The van der Waals surface area contributed by atoms with Crippen molar-refractivity contribution in [2.75, 3.05) is 30.4 Å². The highest BCUT2D eigenvalue weighted by molar-refractivity contribution is 6.02. The van der Waals surface area contributed by atoms with Crippen LogP contribution in [0.1, 0.15) is 0 Å². The first-order chi connectivity index (χ1) is 16.6. The summed E-state index contributed by atoms with van der Waals surface area (Å²) in [6, 6.07) is 13.7. The summed E-state index contributed by atoms with van der Waals surface area (Å²) in [5, 5.41) is 11.0. The number of halogens is 1. The van der Waals surface area contributed by atoms with Gasteiger partial charge in [-0.1, -0.05) is 18.2 Å². The maximum atomic E-state index is 14.0. The molecule has 0 aliphatic carbocycles. The van der Waals surface area contributed by atoms with Crippen LogP contribution in [0.5, 0.6) is 5.75 Å². The molecule has 1 unspecified atom stereocenters. The van der Waals surface area contributed by atoms with Crippen molar-refractivity contribution in [3.63, 3.8) is 0 Å². The molecule has 4 heterocycles. The van der Waals surface area contributed by atoms with Crippen molar-refractivity contribution in [1.29, 1.82) is 0 Å². The van der Waals surface area contributed by atoms with Crippen LogP contribution in [0.25, 0.3) is 27.6 Å². The number of hydrogen-bond acceptors (Lipinski definition) is 7. The van der Waals surface area contributed by atoms with E-state index < -0.39 is 5.82 Å². The van der Waals surface area contributed by atoms with Crippen LogP contribution < -0.4 is 20.5 Å². The van der Waals surface area contributed by atoms with Crippen LogP contribution in [-0.2, 0) is 0 Å². The molecule has 10 heteroatoms. The van der Waals surface area contributed by atoms with Gasteiger partial charge in [0.2, 0.25) is 5.95 Å². The Kier molecular flexibility index (Phi) is 4.65. The van der Waals surface area contributed by atoms with Gasteiger partial charge >= 0.3 is 0 Å². The summed E-state index contributed by atoms with van der Waals surface area (Å²) in [5.74, 6) is 0.709. The first-order valence-electron chi connectivity index (χ1n) is 10.8. The van der Waals surface area contributed by atoms with Gasteiger partial charge in [-0.25, -0.2) is 9.37 Å². The number of hydrogen-bond donors (Lipinski definition) is 2. The van der Waals surface area contributed by atoms with Gasteiger partial charge in [0.1, 0.15) is 17.7 Å². The fourth-order valence-electron chi connectivity index (χ4n) is 4.33. The molecule has 2 aromatic carbocycles. The van der Waals surface area contributed by atoms with Crippen molar-refractivity contribution in [3.8, 4) is 11.4 Å². The highest BCUT2D eigenvalue weighted by Crippen LogP contribution is 2.32. The second-order valence-electron chi connectivity index (χ2n) is 8.18. The zero-order valence-electron chi connectivity index (χ0n) is 18.2. The van der Waals surface area contributed by atoms with Crippen LogP contribution in [0.2, 0.25) is 0 Å². The number of para-hydroxylation sites is 2. The van der Waals surface area contributed by atoms with E-state index in [9.17, 15) is 9.18 Å². The maximum Gasteiger partial charge on any atom is 0.267 e. The summed E-state index contributed by atoms with van der Waals surface area (Å²) in [6.45, 7) is 1.15. The van der Waals surface area contributed by atoms with E-state index in [1.54, 1.807) is 18.3 Å². The molecule has 5 aromatic rings. The van der Waals surface area contributed by atoms with E-state index in [2.05, 4.69) is 30.4 Å². The molecule has 170 valence electrons. The lowest BCUT2D eigenvalue weighted by atomic mass is 10.2. The molecule has 9 nitrogen and oxygen atoms in total. The lowest BCUT2D eigenvalue weighted by Gasteiger charge is -2.33. The number of ether oxygens (including phenoxy) is 1. The lowest BCUT2D eigenvalue weighted by molar-refractivity contribution is 0.208. The second kappa shape index (κ2) is 7.84. The highest BCUT2D eigenvalue weighted by atomic mass is 19.1. The Hall–Kier alpha value is -4.47. The van der Waals surface area contributed by atoms with Gasteiger partial charge in [-0.15, -0.1) is 0 Å². The molecule has 3 aromatic heterocycles. The second-order valence-corrected chi connectivity index (χ2v) is 8.18. The number of H-pyrrole nitrogens is 1. The molecule has 0 radical (unpaired) electrons. The Bertz CT molecular complexity index is 1600. The average Bonchev–Trinajstić information content (AvgIpc) is 3.34. The first-order valence-corrected chi connectivity index (χ1v) is 10.8. The minimum absolute atomic E-state index is 0.125. The van der Waals surface area contributed by atoms with E-state index in [0.717, 1.165) is 11.4 Å². The number of aromatic amines is 1. The first kappa shape index (κ1) is 20.2. The van der Waals surface area contributed by atoms with Gasteiger partial charge in [0.15, 0.2) is 5.65 Å². The summed E-state index contributed by atoms with van der Waals surface area (Å²) in [6.07, 6.45) is 2.96. The summed E-state index contributed by atoms with van der Waals surface area (Å²) >= 11 is 0. The molecule has 0 fully saturated rings. The SMILES string of the molecule is CN1CC(CNc2ncc3c4[nH]ncc4c(=O)n(-c4cccc(F)c4)c3n2)Oc2ccccc21. The normalized spacial score (nSPS) is 15.4. The molecule has 0 spiro atoms. The number of anilines is 2. The van der Waals surface area contributed by atoms with Crippen LogP contribution >= 0.6 is 0 Å². The highest BCUT2D eigenvalue weighted by Gasteiger charge is 2.23. The van der Waals surface area contributed by atoms with E-state index >= 15 is 0 Å².